The molecule has 1 fully saturated rings. The standard InChI is InChI=1S/C19H16O2/c20-10-12-1-2-16(11-21)18(7-12)15-5-6-17-13-3-4-14(8-13)19(17)9-15/h2,5-7,9,11,13-14H,1,3-4,8H2. The number of fused-ring (bicyclic) bond motifs is 5. The van der Waals surface area contributed by atoms with E-state index < -0.39 is 0 Å². The van der Waals surface area contributed by atoms with E-state index in [-0.39, 0.29) is 0 Å². The van der Waals surface area contributed by atoms with Crippen molar-refractivity contribution in [3.63, 3.8) is 0 Å². The van der Waals surface area contributed by atoms with E-state index in [9.17, 15) is 9.59 Å². The normalized spacial score (nSPS) is 26.0. The molecule has 0 N–H and O–H groups in total. The third-order valence-electron chi connectivity index (χ3n) is 5.14. The zero-order chi connectivity index (χ0) is 14.4. The quantitative estimate of drug-likeness (QED) is 0.609. The van der Waals surface area contributed by atoms with Gasteiger partial charge in [-0.3, -0.25) is 4.79 Å². The van der Waals surface area contributed by atoms with Gasteiger partial charge in [0.05, 0.1) is 0 Å². The molecule has 3 aliphatic carbocycles. The number of rotatable bonds is 2. The van der Waals surface area contributed by atoms with E-state index in [4.69, 9.17) is 0 Å². The van der Waals surface area contributed by atoms with Gasteiger partial charge in [-0.25, -0.2) is 4.79 Å². The zero-order valence-corrected chi connectivity index (χ0v) is 11.8. The van der Waals surface area contributed by atoms with Crippen LogP contribution in [0.4, 0.5) is 0 Å². The fraction of sp³-hybridized carbons (Fsp3) is 0.316. The minimum absolute atomic E-state index is 0.497. The maximum atomic E-state index is 11.3. The van der Waals surface area contributed by atoms with Crippen molar-refractivity contribution in [2.75, 3.05) is 0 Å². The third kappa shape index (κ3) is 1.87. The van der Waals surface area contributed by atoms with Crippen LogP contribution in [0.3, 0.4) is 0 Å². The molecular weight excluding hydrogens is 260 g/mol. The van der Waals surface area contributed by atoms with Crippen molar-refractivity contribution in [3.05, 3.63) is 58.2 Å². The van der Waals surface area contributed by atoms with Crippen LogP contribution in [0.1, 0.15) is 54.2 Å². The first-order chi connectivity index (χ1) is 10.3. The third-order valence-corrected chi connectivity index (χ3v) is 5.14. The van der Waals surface area contributed by atoms with Crippen LogP contribution in [0.25, 0.3) is 5.57 Å². The highest BCUT2D eigenvalue weighted by Gasteiger charge is 2.36. The molecule has 1 saturated carbocycles. The largest absolute Gasteiger partial charge is 0.298 e. The lowest BCUT2D eigenvalue weighted by molar-refractivity contribution is -0.104. The lowest BCUT2D eigenvalue weighted by atomic mass is 9.85. The van der Waals surface area contributed by atoms with Gasteiger partial charge in [-0.05, 0) is 59.4 Å². The molecular formula is C19H16O2. The molecule has 1 aromatic rings. The highest BCUT2D eigenvalue weighted by Crippen LogP contribution is 2.53. The molecule has 2 unspecified atom stereocenters. The van der Waals surface area contributed by atoms with E-state index in [2.05, 4.69) is 18.2 Å². The Labute approximate surface area is 123 Å². The van der Waals surface area contributed by atoms with E-state index in [1.165, 1.54) is 30.4 Å². The van der Waals surface area contributed by atoms with Crippen LogP contribution >= 0.6 is 0 Å². The molecule has 0 spiro atoms. The molecule has 0 amide bonds. The average molecular weight is 276 g/mol. The zero-order valence-electron chi connectivity index (χ0n) is 11.8. The molecule has 2 atom stereocenters. The van der Waals surface area contributed by atoms with Gasteiger partial charge in [0, 0.05) is 17.6 Å². The van der Waals surface area contributed by atoms with Gasteiger partial charge in [-0.2, -0.15) is 0 Å². The number of aldehydes is 1. The fourth-order valence-electron chi connectivity index (χ4n) is 4.09. The Bertz CT molecular complexity index is 745. The summed E-state index contributed by atoms with van der Waals surface area (Å²) >= 11 is 0. The summed E-state index contributed by atoms with van der Waals surface area (Å²) in [7, 11) is 0. The number of carbonyl (C=O) groups excluding carboxylic acids is 2. The Hall–Kier alpha value is -2.18. The predicted octanol–water partition coefficient (Wildman–Crippen LogP) is 3.72. The molecule has 104 valence electrons. The Morgan fingerprint density at radius 3 is 2.71 bits per heavy atom. The Kier molecular flexibility index (Phi) is 2.80. The van der Waals surface area contributed by atoms with Gasteiger partial charge in [0.25, 0.3) is 0 Å². The second-order valence-electron chi connectivity index (χ2n) is 6.22. The summed E-state index contributed by atoms with van der Waals surface area (Å²) in [6, 6.07) is 6.54. The first-order valence-electron chi connectivity index (χ1n) is 7.55. The Balaban J connectivity index is 1.81. The van der Waals surface area contributed by atoms with Crippen molar-refractivity contribution in [1.29, 1.82) is 0 Å². The van der Waals surface area contributed by atoms with Crippen molar-refractivity contribution in [2.45, 2.75) is 37.5 Å². The van der Waals surface area contributed by atoms with Crippen LogP contribution in [0.15, 0.2) is 41.5 Å². The van der Waals surface area contributed by atoms with Gasteiger partial charge >= 0.3 is 0 Å². The molecule has 0 radical (unpaired) electrons. The van der Waals surface area contributed by atoms with E-state index in [1.807, 2.05) is 18.1 Å². The smallest absolute Gasteiger partial charge is 0.150 e. The van der Waals surface area contributed by atoms with Crippen molar-refractivity contribution >= 4 is 17.8 Å². The van der Waals surface area contributed by atoms with E-state index >= 15 is 0 Å². The molecule has 2 nitrogen and oxygen atoms in total. The highest BCUT2D eigenvalue weighted by atomic mass is 16.1. The van der Waals surface area contributed by atoms with Gasteiger partial charge in [0.15, 0.2) is 0 Å². The van der Waals surface area contributed by atoms with Crippen LogP contribution in [0.5, 0.6) is 0 Å². The summed E-state index contributed by atoms with van der Waals surface area (Å²) in [6.45, 7) is 0. The minimum Gasteiger partial charge on any atom is -0.298 e. The molecule has 1 aromatic carbocycles. The lowest BCUT2D eigenvalue weighted by Crippen LogP contribution is -2.02. The SMILES string of the molecule is O=C=C1C=C(c2ccc3c(c2)C2CCC3C2)C(C=O)=CC1. The molecule has 4 rings (SSSR count). The molecule has 0 heterocycles. The highest BCUT2D eigenvalue weighted by molar-refractivity contribution is 6.01. The maximum absolute atomic E-state index is 11.3. The Morgan fingerprint density at radius 1 is 1.14 bits per heavy atom. The molecule has 21 heavy (non-hydrogen) atoms. The van der Waals surface area contributed by atoms with Gasteiger partial charge in [0.2, 0.25) is 0 Å². The van der Waals surface area contributed by atoms with Crippen LogP contribution in [-0.2, 0) is 9.59 Å². The van der Waals surface area contributed by atoms with Crippen molar-refractivity contribution in [3.8, 4) is 0 Å². The summed E-state index contributed by atoms with van der Waals surface area (Å²) in [4.78, 5) is 22.2. The summed E-state index contributed by atoms with van der Waals surface area (Å²) < 4.78 is 0. The summed E-state index contributed by atoms with van der Waals surface area (Å²) in [5.74, 6) is 3.39. The summed E-state index contributed by atoms with van der Waals surface area (Å²) in [5.41, 5.74) is 6.15. The number of benzene rings is 1. The second-order valence-corrected chi connectivity index (χ2v) is 6.22. The van der Waals surface area contributed by atoms with Crippen LogP contribution < -0.4 is 0 Å². The van der Waals surface area contributed by atoms with Gasteiger partial charge < -0.3 is 0 Å². The number of hydrogen-bond donors (Lipinski definition) is 0. The van der Waals surface area contributed by atoms with Gasteiger partial charge in [-0.1, -0.05) is 24.3 Å². The van der Waals surface area contributed by atoms with Gasteiger partial charge in [-0.15, -0.1) is 0 Å². The van der Waals surface area contributed by atoms with Crippen LogP contribution in [0.2, 0.25) is 0 Å². The predicted molar refractivity (Wildman–Crippen MR) is 81.7 cm³/mol. The summed E-state index contributed by atoms with van der Waals surface area (Å²) in [5, 5.41) is 0. The van der Waals surface area contributed by atoms with Crippen LogP contribution in [0, 0.1) is 0 Å². The number of allylic oxidation sites excluding steroid dienone is 5. The molecule has 0 saturated heterocycles. The van der Waals surface area contributed by atoms with Gasteiger partial charge in [0.1, 0.15) is 12.2 Å². The minimum atomic E-state index is 0.497. The first kappa shape index (κ1) is 12.6. The van der Waals surface area contributed by atoms with Crippen LogP contribution in [-0.4, -0.2) is 12.2 Å². The lowest BCUT2D eigenvalue weighted by Gasteiger charge is -2.18. The van der Waals surface area contributed by atoms with E-state index in [0.717, 1.165) is 23.3 Å². The van der Waals surface area contributed by atoms with Crippen molar-refractivity contribution in [1.82, 2.24) is 0 Å². The molecule has 2 heteroatoms. The Morgan fingerprint density at radius 2 is 1.95 bits per heavy atom. The molecule has 0 aromatic heterocycles. The number of carbonyl (C=O) groups is 1. The monoisotopic (exact) mass is 276 g/mol. The maximum Gasteiger partial charge on any atom is 0.150 e. The second kappa shape index (κ2) is 4.68. The molecule has 2 bridgehead atoms. The first-order valence-corrected chi connectivity index (χ1v) is 7.55. The van der Waals surface area contributed by atoms with Crippen molar-refractivity contribution in [2.24, 2.45) is 0 Å². The van der Waals surface area contributed by atoms with Crippen molar-refractivity contribution < 1.29 is 9.59 Å². The molecule has 3 aliphatic rings. The summed E-state index contributed by atoms with van der Waals surface area (Å²) in [6.07, 6.45) is 8.90. The van der Waals surface area contributed by atoms with E-state index in [0.29, 0.717) is 23.5 Å². The fourth-order valence-corrected chi connectivity index (χ4v) is 4.09. The average Bonchev–Trinajstić information content (AvgIpc) is 3.16. The topological polar surface area (TPSA) is 34.1 Å². The molecule has 0 aliphatic heterocycles. The number of hydrogen-bond acceptors (Lipinski definition) is 2. The van der Waals surface area contributed by atoms with E-state index in [1.54, 1.807) is 0 Å².